The Bertz CT molecular complexity index is 1270. The lowest BCUT2D eigenvalue weighted by Gasteiger charge is -2.08. The number of ether oxygens (including phenoxy) is 2. The molecule has 0 radical (unpaired) electrons. The van der Waals surface area contributed by atoms with Crippen molar-refractivity contribution in [2.75, 3.05) is 0 Å². The number of hydrogen-bond acceptors (Lipinski definition) is 4. The van der Waals surface area contributed by atoms with E-state index < -0.39 is 35.2 Å². The van der Waals surface area contributed by atoms with Crippen LogP contribution >= 0.6 is 0 Å². The van der Waals surface area contributed by atoms with Crippen molar-refractivity contribution in [3.05, 3.63) is 107 Å². The normalized spacial score (nSPS) is 10.8. The van der Waals surface area contributed by atoms with E-state index in [2.05, 4.69) is 0 Å². The van der Waals surface area contributed by atoms with Gasteiger partial charge in [0.05, 0.1) is 11.1 Å². The SMILES string of the molecule is O=C(Oc1ccc2ccc(OC(=O)c3ccc(F)c(F)c3)cc2c1)c1ccc(F)c(F)c1. The molecule has 0 saturated carbocycles. The molecule has 4 rings (SSSR count). The molecule has 0 unspecified atom stereocenters. The van der Waals surface area contributed by atoms with Crippen LogP contribution in [0.25, 0.3) is 10.8 Å². The van der Waals surface area contributed by atoms with Gasteiger partial charge in [-0.05, 0) is 71.4 Å². The Kier molecular flexibility index (Phi) is 5.59. The van der Waals surface area contributed by atoms with Gasteiger partial charge in [-0.2, -0.15) is 0 Å². The molecule has 0 N–H and O–H groups in total. The Labute approximate surface area is 178 Å². The summed E-state index contributed by atoms with van der Waals surface area (Å²) in [5.41, 5.74) is -0.337. The van der Waals surface area contributed by atoms with Crippen LogP contribution in [0.1, 0.15) is 20.7 Å². The topological polar surface area (TPSA) is 52.6 Å². The van der Waals surface area contributed by atoms with Crippen LogP contribution in [0.4, 0.5) is 17.6 Å². The summed E-state index contributed by atoms with van der Waals surface area (Å²) in [4.78, 5) is 24.4. The molecule has 4 aromatic rings. The van der Waals surface area contributed by atoms with Gasteiger partial charge < -0.3 is 9.47 Å². The lowest BCUT2D eigenvalue weighted by Crippen LogP contribution is -2.09. The standard InChI is InChI=1S/C24H12F4O4/c25-19-7-3-14(11-21(19)27)23(29)31-17-5-1-13-2-6-18(10-16(13)9-17)32-24(30)15-4-8-20(26)22(28)12-15/h1-12H. The molecule has 32 heavy (non-hydrogen) atoms. The van der Waals surface area contributed by atoms with Crippen LogP contribution in [0.15, 0.2) is 72.8 Å². The summed E-state index contributed by atoms with van der Waals surface area (Å²) in [6, 6.07) is 14.6. The molecule has 0 aromatic heterocycles. The third-order valence-corrected chi connectivity index (χ3v) is 4.51. The maximum atomic E-state index is 13.3. The second kappa shape index (κ2) is 8.50. The Balaban J connectivity index is 1.54. The Morgan fingerprint density at radius 2 is 0.938 bits per heavy atom. The van der Waals surface area contributed by atoms with Crippen molar-refractivity contribution in [3.63, 3.8) is 0 Å². The summed E-state index contributed by atoms with van der Waals surface area (Å²) in [7, 11) is 0. The molecule has 4 aromatic carbocycles. The van der Waals surface area contributed by atoms with E-state index in [0.717, 1.165) is 41.8 Å². The Morgan fingerprint density at radius 3 is 1.34 bits per heavy atom. The molecule has 0 heterocycles. The largest absolute Gasteiger partial charge is 0.423 e. The van der Waals surface area contributed by atoms with Crippen LogP contribution in [0.5, 0.6) is 11.5 Å². The Hall–Kier alpha value is -4.20. The number of benzene rings is 4. The van der Waals surface area contributed by atoms with Crippen molar-refractivity contribution in [3.8, 4) is 11.5 Å². The molecule has 0 fully saturated rings. The van der Waals surface area contributed by atoms with Crippen molar-refractivity contribution < 1.29 is 36.6 Å². The average molecular weight is 440 g/mol. The van der Waals surface area contributed by atoms with E-state index in [4.69, 9.17) is 9.47 Å². The van der Waals surface area contributed by atoms with E-state index in [-0.39, 0.29) is 22.6 Å². The first-order valence-electron chi connectivity index (χ1n) is 9.18. The second-order valence-electron chi connectivity index (χ2n) is 6.71. The number of carbonyl (C=O) groups is 2. The summed E-state index contributed by atoms with van der Waals surface area (Å²) in [5, 5.41) is 1.27. The van der Waals surface area contributed by atoms with E-state index in [1.165, 1.54) is 24.3 Å². The summed E-state index contributed by atoms with van der Waals surface area (Å²) in [5.74, 6) is -6.05. The van der Waals surface area contributed by atoms with Crippen LogP contribution in [0, 0.1) is 23.3 Å². The molecule has 0 atom stereocenters. The lowest BCUT2D eigenvalue weighted by molar-refractivity contribution is 0.0725. The van der Waals surface area contributed by atoms with Crippen molar-refractivity contribution in [2.45, 2.75) is 0 Å². The predicted octanol–water partition coefficient (Wildman–Crippen LogP) is 5.83. The van der Waals surface area contributed by atoms with E-state index in [9.17, 15) is 27.2 Å². The molecule has 0 bridgehead atoms. The van der Waals surface area contributed by atoms with Crippen LogP contribution in [0.2, 0.25) is 0 Å². The molecule has 0 aliphatic heterocycles. The molecule has 0 amide bonds. The maximum absolute atomic E-state index is 13.3. The maximum Gasteiger partial charge on any atom is 0.343 e. The zero-order valence-electron chi connectivity index (χ0n) is 16.1. The lowest BCUT2D eigenvalue weighted by atomic mass is 10.1. The van der Waals surface area contributed by atoms with Gasteiger partial charge in [-0.15, -0.1) is 0 Å². The van der Waals surface area contributed by atoms with Crippen molar-refractivity contribution >= 4 is 22.7 Å². The van der Waals surface area contributed by atoms with E-state index >= 15 is 0 Å². The fourth-order valence-corrected chi connectivity index (χ4v) is 2.91. The molecule has 8 heteroatoms. The molecule has 0 spiro atoms. The highest BCUT2D eigenvalue weighted by Gasteiger charge is 2.14. The number of hydrogen-bond donors (Lipinski definition) is 0. The van der Waals surface area contributed by atoms with Crippen LogP contribution in [-0.4, -0.2) is 11.9 Å². The molecule has 4 nitrogen and oxygen atoms in total. The van der Waals surface area contributed by atoms with E-state index in [1.54, 1.807) is 12.1 Å². The van der Waals surface area contributed by atoms with Gasteiger partial charge in [-0.3, -0.25) is 0 Å². The predicted molar refractivity (Wildman–Crippen MR) is 107 cm³/mol. The smallest absolute Gasteiger partial charge is 0.343 e. The van der Waals surface area contributed by atoms with Gasteiger partial charge in [0.25, 0.3) is 0 Å². The van der Waals surface area contributed by atoms with Crippen molar-refractivity contribution in [2.24, 2.45) is 0 Å². The average Bonchev–Trinajstić information content (AvgIpc) is 2.77. The fraction of sp³-hybridized carbons (Fsp3) is 0. The highest BCUT2D eigenvalue weighted by atomic mass is 19.2. The molecular formula is C24H12F4O4. The van der Waals surface area contributed by atoms with Gasteiger partial charge in [0, 0.05) is 0 Å². The second-order valence-corrected chi connectivity index (χ2v) is 6.71. The third-order valence-electron chi connectivity index (χ3n) is 4.51. The summed E-state index contributed by atoms with van der Waals surface area (Å²) in [6.07, 6.45) is 0. The van der Waals surface area contributed by atoms with Crippen LogP contribution in [-0.2, 0) is 0 Å². The first-order chi connectivity index (χ1) is 15.3. The minimum absolute atomic E-state index is 0.122. The summed E-state index contributed by atoms with van der Waals surface area (Å²) in [6.45, 7) is 0. The monoisotopic (exact) mass is 440 g/mol. The minimum atomic E-state index is -1.18. The van der Waals surface area contributed by atoms with Gasteiger partial charge in [-0.1, -0.05) is 12.1 Å². The highest BCUT2D eigenvalue weighted by molar-refractivity contribution is 5.93. The number of carbonyl (C=O) groups excluding carboxylic acids is 2. The highest BCUT2D eigenvalue weighted by Crippen LogP contribution is 2.26. The summed E-state index contributed by atoms with van der Waals surface area (Å²) >= 11 is 0. The van der Waals surface area contributed by atoms with Gasteiger partial charge in [-0.25, -0.2) is 27.2 Å². The first-order valence-corrected chi connectivity index (χ1v) is 9.18. The first kappa shape index (κ1) is 21.0. The molecule has 0 saturated heterocycles. The molecule has 160 valence electrons. The zero-order chi connectivity index (χ0) is 22.8. The number of halogens is 4. The van der Waals surface area contributed by atoms with Gasteiger partial charge in [0.2, 0.25) is 0 Å². The number of fused-ring (bicyclic) bond motifs is 1. The van der Waals surface area contributed by atoms with E-state index in [0.29, 0.717) is 5.39 Å². The van der Waals surface area contributed by atoms with Gasteiger partial charge in [0.1, 0.15) is 11.5 Å². The quantitative estimate of drug-likeness (QED) is 0.228. The third kappa shape index (κ3) is 4.44. The summed E-state index contributed by atoms with van der Waals surface area (Å²) < 4.78 is 63.2. The van der Waals surface area contributed by atoms with Gasteiger partial charge in [0.15, 0.2) is 23.3 Å². The van der Waals surface area contributed by atoms with Crippen LogP contribution in [0.3, 0.4) is 0 Å². The molecule has 0 aliphatic rings. The zero-order valence-corrected chi connectivity index (χ0v) is 16.1. The fourth-order valence-electron chi connectivity index (χ4n) is 2.91. The van der Waals surface area contributed by atoms with E-state index in [1.807, 2.05) is 0 Å². The Morgan fingerprint density at radius 1 is 0.500 bits per heavy atom. The van der Waals surface area contributed by atoms with Gasteiger partial charge >= 0.3 is 11.9 Å². The minimum Gasteiger partial charge on any atom is -0.423 e. The van der Waals surface area contributed by atoms with Crippen molar-refractivity contribution in [1.29, 1.82) is 0 Å². The van der Waals surface area contributed by atoms with Crippen molar-refractivity contribution in [1.82, 2.24) is 0 Å². The molecular weight excluding hydrogens is 428 g/mol. The number of esters is 2. The molecule has 0 aliphatic carbocycles. The van der Waals surface area contributed by atoms with Crippen LogP contribution < -0.4 is 9.47 Å². The number of rotatable bonds is 4.